The predicted molar refractivity (Wildman–Crippen MR) is 110 cm³/mol. The summed E-state index contributed by atoms with van der Waals surface area (Å²) in [5, 5.41) is 5.98. The van der Waals surface area contributed by atoms with Crippen molar-refractivity contribution < 1.29 is 14.3 Å². The van der Waals surface area contributed by atoms with Gasteiger partial charge in [0, 0.05) is 6.07 Å². The molecule has 7 nitrogen and oxygen atoms in total. The summed E-state index contributed by atoms with van der Waals surface area (Å²) in [5.41, 5.74) is 2.14. The lowest BCUT2D eigenvalue weighted by molar-refractivity contribution is 0.0527. The van der Waals surface area contributed by atoms with Crippen molar-refractivity contribution in [1.29, 1.82) is 0 Å². The van der Waals surface area contributed by atoms with Crippen molar-refractivity contribution in [3.63, 3.8) is 0 Å². The zero-order chi connectivity index (χ0) is 20.6. The predicted octanol–water partition coefficient (Wildman–Crippen LogP) is 3.89. The van der Waals surface area contributed by atoms with Gasteiger partial charge in [0.2, 0.25) is 0 Å². The van der Waals surface area contributed by atoms with Gasteiger partial charge in [-0.2, -0.15) is 0 Å². The lowest BCUT2D eigenvalue weighted by Gasteiger charge is -2.14. The van der Waals surface area contributed by atoms with Gasteiger partial charge in [-0.15, -0.1) is 0 Å². The molecule has 1 unspecified atom stereocenters. The molecule has 0 fully saturated rings. The van der Waals surface area contributed by atoms with Crippen molar-refractivity contribution in [2.45, 2.75) is 19.9 Å². The van der Waals surface area contributed by atoms with Crippen LogP contribution in [0.4, 0.5) is 11.5 Å². The number of carbonyl (C=O) groups is 2. The fourth-order valence-electron chi connectivity index (χ4n) is 2.76. The molecule has 148 valence electrons. The van der Waals surface area contributed by atoms with E-state index in [0.717, 1.165) is 5.56 Å². The van der Waals surface area contributed by atoms with Crippen LogP contribution < -0.4 is 10.6 Å². The molecule has 0 aliphatic rings. The highest BCUT2D eigenvalue weighted by molar-refractivity contribution is 5.97. The minimum absolute atomic E-state index is 0.167. The summed E-state index contributed by atoms with van der Waals surface area (Å²) in [5.74, 6) is -0.348. The Hall–Kier alpha value is -3.74. The van der Waals surface area contributed by atoms with Gasteiger partial charge in [-0.25, -0.2) is 14.8 Å². The molecule has 0 aliphatic carbocycles. The SMILES string of the molecule is CCOC(=O)c1ccccc1Nc1cc(C(=O)NC(C)c2ccccc2)ncn1. The highest BCUT2D eigenvalue weighted by atomic mass is 16.5. The number of para-hydroxylation sites is 1. The smallest absolute Gasteiger partial charge is 0.340 e. The number of aromatic nitrogens is 2. The average molecular weight is 390 g/mol. The molecule has 0 aliphatic heterocycles. The van der Waals surface area contributed by atoms with Gasteiger partial charge in [0.15, 0.2) is 0 Å². The fourth-order valence-corrected chi connectivity index (χ4v) is 2.76. The molecule has 29 heavy (non-hydrogen) atoms. The second-order valence-electron chi connectivity index (χ2n) is 6.29. The Morgan fingerprint density at radius 1 is 1.03 bits per heavy atom. The first-order valence-corrected chi connectivity index (χ1v) is 9.29. The molecule has 2 N–H and O–H groups in total. The maximum absolute atomic E-state index is 12.6. The maximum Gasteiger partial charge on any atom is 0.340 e. The van der Waals surface area contributed by atoms with Crippen LogP contribution >= 0.6 is 0 Å². The van der Waals surface area contributed by atoms with E-state index in [0.29, 0.717) is 17.1 Å². The average Bonchev–Trinajstić information content (AvgIpc) is 2.75. The van der Waals surface area contributed by atoms with Crippen LogP contribution in [0.5, 0.6) is 0 Å². The van der Waals surface area contributed by atoms with Crippen LogP contribution in [-0.2, 0) is 4.74 Å². The summed E-state index contributed by atoms with van der Waals surface area (Å²) in [6, 6.07) is 18.0. The molecule has 0 saturated heterocycles. The van der Waals surface area contributed by atoms with Crippen molar-refractivity contribution >= 4 is 23.4 Å². The van der Waals surface area contributed by atoms with Gasteiger partial charge >= 0.3 is 5.97 Å². The molecule has 1 amide bonds. The third-order valence-corrected chi connectivity index (χ3v) is 4.23. The lowest BCUT2D eigenvalue weighted by Crippen LogP contribution is -2.27. The third kappa shape index (κ3) is 5.16. The van der Waals surface area contributed by atoms with Gasteiger partial charge in [0.05, 0.1) is 23.9 Å². The summed E-state index contributed by atoms with van der Waals surface area (Å²) < 4.78 is 5.08. The molecule has 1 atom stereocenters. The standard InChI is InChI=1S/C22H22N4O3/c1-3-29-22(28)17-11-7-8-12-18(17)26-20-13-19(23-14-24-20)21(27)25-15(2)16-9-5-4-6-10-16/h4-15H,3H2,1-2H3,(H,25,27)(H,23,24,26). The van der Waals surface area contributed by atoms with Gasteiger partial charge in [0.25, 0.3) is 5.91 Å². The van der Waals surface area contributed by atoms with E-state index >= 15 is 0 Å². The number of hydrogen-bond acceptors (Lipinski definition) is 6. The largest absolute Gasteiger partial charge is 0.462 e. The molecular weight excluding hydrogens is 368 g/mol. The van der Waals surface area contributed by atoms with Crippen LogP contribution in [0.2, 0.25) is 0 Å². The number of anilines is 2. The number of ether oxygens (including phenoxy) is 1. The van der Waals surface area contributed by atoms with Crippen LogP contribution in [-0.4, -0.2) is 28.5 Å². The number of nitrogens with zero attached hydrogens (tertiary/aromatic N) is 2. The number of rotatable bonds is 7. The number of nitrogens with one attached hydrogen (secondary N) is 2. The first kappa shape index (κ1) is 20.0. The molecule has 0 radical (unpaired) electrons. The second-order valence-corrected chi connectivity index (χ2v) is 6.29. The van der Waals surface area contributed by atoms with E-state index < -0.39 is 5.97 Å². The Labute approximate surface area is 169 Å². The van der Waals surface area contributed by atoms with Gasteiger partial charge < -0.3 is 15.4 Å². The van der Waals surface area contributed by atoms with E-state index in [1.54, 1.807) is 31.2 Å². The van der Waals surface area contributed by atoms with Crippen molar-refractivity contribution in [3.05, 3.63) is 83.8 Å². The van der Waals surface area contributed by atoms with Crippen molar-refractivity contribution in [1.82, 2.24) is 15.3 Å². The zero-order valence-corrected chi connectivity index (χ0v) is 16.3. The van der Waals surface area contributed by atoms with Gasteiger partial charge in [-0.3, -0.25) is 4.79 Å². The van der Waals surface area contributed by atoms with E-state index in [2.05, 4.69) is 20.6 Å². The maximum atomic E-state index is 12.6. The topological polar surface area (TPSA) is 93.2 Å². The minimum Gasteiger partial charge on any atom is -0.462 e. The molecule has 1 heterocycles. The first-order valence-electron chi connectivity index (χ1n) is 9.29. The summed E-state index contributed by atoms with van der Waals surface area (Å²) in [4.78, 5) is 32.9. The normalized spacial score (nSPS) is 11.4. The van der Waals surface area contributed by atoms with Gasteiger partial charge in [-0.1, -0.05) is 42.5 Å². The van der Waals surface area contributed by atoms with Crippen LogP contribution in [0.1, 0.15) is 46.3 Å². The molecule has 3 aromatic rings. The molecule has 0 saturated carbocycles. The van der Waals surface area contributed by atoms with E-state index in [9.17, 15) is 9.59 Å². The van der Waals surface area contributed by atoms with Gasteiger partial charge in [-0.05, 0) is 31.5 Å². The second kappa shape index (κ2) is 9.45. The van der Waals surface area contributed by atoms with Gasteiger partial charge in [0.1, 0.15) is 17.8 Å². The number of hydrogen-bond donors (Lipinski definition) is 2. The fraction of sp³-hybridized carbons (Fsp3) is 0.182. The molecule has 7 heteroatoms. The summed E-state index contributed by atoms with van der Waals surface area (Å²) in [6.45, 7) is 3.94. The molecule has 3 rings (SSSR count). The van der Waals surface area contributed by atoms with Crippen molar-refractivity contribution in [3.8, 4) is 0 Å². The number of esters is 1. The Morgan fingerprint density at radius 3 is 2.52 bits per heavy atom. The molecular formula is C22H22N4O3. The molecule has 0 bridgehead atoms. The van der Waals surface area contributed by atoms with E-state index in [4.69, 9.17) is 4.74 Å². The first-order chi connectivity index (χ1) is 14.1. The highest BCUT2D eigenvalue weighted by Gasteiger charge is 2.15. The number of benzene rings is 2. The summed E-state index contributed by atoms with van der Waals surface area (Å²) in [7, 11) is 0. The lowest BCUT2D eigenvalue weighted by atomic mass is 10.1. The Balaban J connectivity index is 1.75. The Morgan fingerprint density at radius 2 is 1.76 bits per heavy atom. The van der Waals surface area contributed by atoms with E-state index in [1.165, 1.54) is 12.4 Å². The van der Waals surface area contributed by atoms with Crippen LogP contribution in [0, 0.1) is 0 Å². The van der Waals surface area contributed by atoms with Crippen LogP contribution in [0.3, 0.4) is 0 Å². The van der Waals surface area contributed by atoms with Crippen LogP contribution in [0.25, 0.3) is 0 Å². The summed E-state index contributed by atoms with van der Waals surface area (Å²) in [6.07, 6.45) is 1.30. The third-order valence-electron chi connectivity index (χ3n) is 4.23. The quantitative estimate of drug-likeness (QED) is 0.595. The Bertz CT molecular complexity index is 992. The van der Waals surface area contributed by atoms with E-state index in [-0.39, 0.29) is 24.2 Å². The minimum atomic E-state index is -0.431. The molecule has 0 spiro atoms. The Kier molecular flexibility index (Phi) is 6.52. The van der Waals surface area contributed by atoms with Crippen molar-refractivity contribution in [2.75, 3.05) is 11.9 Å². The van der Waals surface area contributed by atoms with Crippen LogP contribution in [0.15, 0.2) is 67.0 Å². The molecule has 1 aromatic heterocycles. The monoisotopic (exact) mass is 390 g/mol. The van der Waals surface area contributed by atoms with Crippen molar-refractivity contribution in [2.24, 2.45) is 0 Å². The molecule has 2 aromatic carbocycles. The zero-order valence-electron chi connectivity index (χ0n) is 16.3. The number of carbonyl (C=O) groups excluding carboxylic acids is 2. The highest BCUT2D eigenvalue weighted by Crippen LogP contribution is 2.21. The summed E-state index contributed by atoms with van der Waals surface area (Å²) >= 11 is 0. The number of amides is 1. The van der Waals surface area contributed by atoms with E-state index in [1.807, 2.05) is 37.3 Å².